The molecule has 0 radical (unpaired) electrons. The average Bonchev–Trinajstić information content (AvgIpc) is 2.29. The lowest BCUT2D eigenvalue weighted by atomic mass is 10.1. The summed E-state index contributed by atoms with van der Waals surface area (Å²) in [5.74, 6) is 0.239. The summed E-state index contributed by atoms with van der Waals surface area (Å²) in [7, 11) is 0. The highest BCUT2D eigenvalue weighted by Crippen LogP contribution is 2.25. The van der Waals surface area contributed by atoms with E-state index in [1.807, 2.05) is 31.2 Å². The van der Waals surface area contributed by atoms with E-state index in [9.17, 15) is 4.79 Å². The Morgan fingerprint density at radius 3 is 2.65 bits per heavy atom. The number of para-hydroxylation sites is 1. The zero-order chi connectivity index (χ0) is 12.8. The van der Waals surface area contributed by atoms with Crippen molar-refractivity contribution < 1.29 is 9.53 Å². The monoisotopic (exact) mass is 236 g/mol. The van der Waals surface area contributed by atoms with E-state index in [0.717, 1.165) is 12.1 Å². The normalized spacial score (nSPS) is 14.1. The van der Waals surface area contributed by atoms with Crippen LogP contribution in [-0.2, 0) is 4.79 Å². The molecule has 2 atom stereocenters. The molecule has 3 N–H and O–H groups in total. The Morgan fingerprint density at radius 2 is 2.06 bits per heavy atom. The summed E-state index contributed by atoms with van der Waals surface area (Å²) < 4.78 is 5.56. The average molecular weight is 236 g/mol. The van der Waals surface area contributed by atoms with Crippen LogP contribution in [0.2, 0.25) is 0 Å². The van der Waals surface area contributed by atoms with Crippen LogP contribution in [0.25, 0.3) is 0 Å². The maximum Gasteiger partial charge on any atom is 0.258 e. The summed E-state index contributed by atoms with van der Waals surface area (Å²) in [6, 6.07) is 7.84. The smallest absolute Gasteiger partial charge is 0.258 e. The second kappa shape index (κ2) is 6.25. The first-order valence-corrected chi connectivity index (χ1v) is 5.84. The predicted molar refractivity (Wildman–Crippen MR) is 67.8 cm³/mol. The first-order valence-electron chi connectivity index (χ1n) is 5.84. The van der Waals surface area contributed by atoms with Crippen molar-refractivity contribution in [3.8, 4) is 5.75 Å². The fraction of sp³-hybridized carbons (Fsp3) is 0.462. The Hall–Kier alpha value is -1.55. The molecule has 94 valence electrons. The fourth-order valence-electron chi connectivity index (χ4n) is 1.61. The maximum atomic E-state index is 11.0. The standard InChI is InChI=1S/C13H20N2O2/c1-4-15-9(2)11-7-5-6-8-12(11)17-10(3)13(14)16/h5-10,15H,4H2,1-3H3,(H2,14,16). The molecule has 1 aromatic carbocycles. The number of nitrogens with two attached hydrogens (primary N) is 1. The van der Waals surface area contributed by atoms with E-state index < -0.39 is 12.0 Å². The molecule has 0 spiro atoms. The number of carbonyl (C=O) groups excluding carboxylic acids is 1. The van der Waals surface area contributed by atoms with Crippen molar-refractivity contribution in [3.63, 3.8) is 0 Å². The minimum absolute atomic E-state index is 0.177. The molecular formula is C13H20N2O2. The molecule has 0 fully saturated rings. The van der Waals surface area contributed by atoms with Gasteiger partial charge in [-0.3, -0.25) is 4.79 Å². The van der Waals surface area contributed by atoms with Crippen LogP contribution in [0.3, 0.4) is 0 Å². The van der Waals surface area contributed by atoms with Gasteiger partial charge in [0.2, 0.25) is 0 Å². The molecule has 0 aliphatic carbocycles. The number of carbonyl (C=O) groups is 1. The molecule has 1 aromatic rings. The molecule has 17 heavy (non-hydrogen) atoms. The molecule has 4 heteroatoms. The van der Waals surface area contributed by atoms with Gasteiger partial charge in [-0.2, -0.15) is 0 Å². The lowest BCUT2D eigenvalue weighted by Crippen LogP contribution is -2.31. The number of primary amides is 1. The number of hydrogen-bond acceptors (Lipinski definition) is 3. The first kappa shape index (κ1) is 13.5. The van der Waals surface area contributed by atoms with Crippen molar-refractivity contribution in [2.75, 3.05) is 6.54 Å². The van der Waals surface area contributed by atoms with Gasteiger partial charge in [0, 0.05) is 11.6 Å². The number of amides is 1. The van der Waals surface area contributed by atoms with E-state index in [4.69, 9.17) is 10.5 Å². The zero-order valence-electron chi connectivity index (χ0n) is 10.6. The summed E-state index contributed by atoms with van der Waals surface area (Å²) in [5, 5.41) is 3.31. The van der Waals surface area contributed by atoms with E-state index in [1.165, 1.54) is 0 Å². The van der Waals surface area contributed by atoms with Gasteiger partial charge in [-0.1, -0.05) is 25.1 Å². The quantitative estimate of drug-likeness (QED) is 0.788. The molecule has 1 rings (SSSR count). The van der Waals surface area contributed by atoms with Gasteiger partial charge < -0.3 is 15.8 Å². The van der Waals surface area contributed by atoms with Crippen LogP contribution in [-0.4, -0.2) is 18.6 Å². The number of rotatable bonds is 6. The molecule has 1 amide bonds. The minimum atomic E-state index is -0.620. The number of hydrogen-bond donors (Lipinski definition) is 2. The highest BCUT2D eigenvalue weighted by Gasteiger charge is 2.15. The Morgan fingerprint density at radius 1 is 1.41 bits per heavy atom. The number of nitrogens with one attached hydrogen (secondary N) is 1. The lowest BCUT2D eigenvalue weighted by molar-refractivity contribution is -0.124. The zero-order valence-corrected chi connectivity index (χ0v) is 10.6. The van der Waals surface area contributed by atoms with Crippen molar-refractivity contribution in [1.29, 1.82) is 0 Å². The van der Waals surface area contributed by atoms with Crippen molar-refractivity contribution in [2.45, 2.75) is 32.9 Å². The van der Waals surface area contributed by atoms with Gasteiger partial charge >= 0.3 is 0 Å². The molecule has 2 unspecified atom stereocenters. The summed E-state index contributed by atoms with van der Waals surface area (Å²) in [6.45, 7) is 6.63. The summed E-state index contributed by atoms with van der Waals surface area (Å²) in [5.41, 5.74) is 6.22. The van der Waals surface area contributed by atoms with Crippen molar-refractivity contribution in [1.82, 2.24) is 5.32 Å². The van der Waals surface area contributed by atoms with Gasteiger partial charge in [-0.25, -0.2) is 0 Å². The van der Waals surface area contributed by atoms with E-state index in [0.29, 0.717) is 5.75 Å². The van der Waals surface area contributed by atoms with Gasteiger partial charge in [-0.15, -0.1) is 0 Å². The lowest BCUT2D eigenvalue weighted by Gasteiger charge is -2.19. The molecule has 0 saturated carbocycles. The second-order valence-corrected chi connectivity index (χ2v) is 3.98. The predicted octanol–water partition coefficient (Wildman–Crippen LogP) is 1.61. The highest BCUT2D eigenvalue weighted by molar-refractivity contribution is 5.78. The van der Waals surface area contributed by atoms with Gasteiger partial charge in [0.15, 0.2) is 6.10 Å². The number of ether oxygens (including phenoxy) is 1. The Bertz CT molecular complexity index is 379. The molecule has 0 bridgehead atoms. The summed E-state index contributed by atoms with van der Waals surface area (Å²) >= 11 is 0. The molecule has 4 nitrogen and oxygen atoms in total. The van der Waals surface area contributed by atoms with Crippen LogP contribution in [0.1, 0.15) is 32.4 Å². The van der Waals surface area contributed by atoms with Gasteiger partial charge in [0.1, 0.15) is 5.75 Å². The molecule has 0 saturated heterocycles. The SMILES string of the molecule is CCNC(C)c1ccccc1OC(C)C(N)=O. The third-order valence-electron chi connectivity index (χ3n) is 2.60. The van der Waals surface area contributed by atoms with Crippen LogP contribution in [0.4, 0.5) is 0 Å². The Labute approximate surface area is 102 Å². The second-order valence-electron chi connectivity index (χ2n) is 3.98. The van der Waals surface area contributed by atoms with Crippen molar-refractivity contribution in [2.24, 2.45) is 5.73 Å². The summed E-state index contributed by atoms with van der Waals surface area (Å²) in [6.07, 6.45) is -0.620. The molecule has 0 aromatic heterocycles. The molecule has 0 aliphatic heterocycles. The number of benzene rings is 1. The van der Waals surface area contributed by atoms with Crippen molar-refractivity contribution in [3.05, 3.63) is 29.8 Å². The Balaban J connectivity index is 2.87. The van der Waals surface area contributed by atoms with E-state index in [-0.39, 0.29) is 6.04 Å². The van der Waals surface area contributed by atoms with Crippen LogP contribution >= 0.6 is 0 Å². The molecule has 0 heterocycles. The maximum absolute atomic E-state index is 11.0. The highest BCUT2D eigenvalue weighted by atomic mass is 16.5. The largest absolute Gasteiger partial charge is 0.481 e. The van der Waals surface area contributed by atoms with Crippen molar-refractivity contribution >= 4 is 5.91 Å². The molecule has 0 aliphatic rings. The Kier molecular flexibility index (Phi) is 4.97. The van der Waals surface area contributed by atoms with Crippen LogP contribution in [0, 0.1) is 0 Å². The third-order valence-corrected chi connectivity index (χ3v) is 2.60. The van der Waals surface area contributed by atoms with Gasteiger partial charge in [0.25, 0.3) is 5.91 Å². The third kappa shape index (κ3) is 3.75. The van der Waals surface area contributed by atoms with E-state index >= 15 is 0 Å². The van der Waals surface area contributed by atoms with E-state index in [1.54, 1.807) is 6.92 Å². The first-order chi connectivity index (χ1) is 8.06. The fourth-order valence-corrected chi connectivity index (χ4v) is 1.61. The topological polar surface area (TPSA) is 64.3 Å². The van der Waals surface area contributed by atoms with E-state index in [2.05, 4.69) is 12.2 Å². The molecular weight excluding hydrogens is 216 g/mol. The van der Waals surface area contributed by atoms with Crippen LogP contribution < -0.4 is 15.8 Å². The van der Waals surface area contributed by atoms with Crippen LogP contribution in [0.15, 0.2) is 24.3 Å². The van der Waals surface area contributed by atoms with Crippen LogP contribution in [0.5, 0.6) is 5.75 Å². The van der Waals surface area contributed by atoms with Gasteiger partial charge in [-0.05, 0) is 26.5 Å². The summed E-state index contributed by atoms with van der Waals surface area (Å²) in [4.78, 5) is 11.0. The minimum Gasteiger partial charge on any atom is -0.481 e. The van der Waals surface area contributed by atoms with Gasteiger partial charge in [0.05, 0.1) is 0 Å².